The van der Waals surface area contributed by atoms with E-state index in [4.69, 9.17) is 0 Å². The number of aryl methyl sites for hydroxylation is 2. The molecule has 0 saturated heterocycles. The molecule has 2 aromatic heterocycles. The first-order valence-electron chi connectivity index (χ1n) is 7.00. The predicted octanol–water partition coefficient (Wildman–Crippen LogP) is 2.62. The molecule has 0 aliphatic heterocycles. The van der Waals surface area contributed by atoms with Crippen LogP contribution in [0.15, 0.2) is 30.7 Å². The van der Waals surface area contributed by atoms with E-state index in [1.165, 1.54) is 0 Å². The molecule has 1 N–H and O–H groups in total. The van der Waals surface area contributed by atoms with Crippen LogP contribution in [-0.2, 0) is 0 Å². The molecule has 5 heteroatoms. The summed E-state index contributed by atoms with van der Waals surface area (Å²) in [4.78, 5) is 24.9. The standard InChI is InChI=1S/C16H20N4O/c1-10(2)15(13-6-5-7-17-8-13)20-16(21)14-9-18-12(4)19-11(14)3/h5-10,15H,1-4H3,(H,20,21)/t15-/m1/s1. The third kappa shape index (κ3) is 3.62. The van der Waals surface area contributed by atoms with Gasteiger partial charge in [-0.05, 0) is 31.4 Å². The van der Waals surface area contributed by atoms with Crippen molar-refractivity contribution in [2.45, 2.75) is 33.7 Å². The largest absolute Gasteiger partial charge is 0.345 e. The fourth-order valence-electron chi connectivity index (χ4n) is 2.22. The average molecular weight is 284 g/mol. The van der Waals surface area contributed by atoms with Crippen molar-refractivity contribution in [1.82, 2.24) is 20.3 Å². The summed E-state index contributed by atoms with van der Waals surface area (Å²) in [6.07, 6.45) is 5.08. The van der Waals surface area contributed by atoms with Gasteiger partial charge in [-0.15, -0.1) is 0 Å². The Bertz CT molecular complexity index is 625. The predicted molar refractivity (Wildman–Crippen MR) is 80.8 cm³/mol. The highest BCUT2D eigenvalue weighted by Crippen LogP contribution is 2.21. The van der Waals surface area contributed by atoms with Crippen LogP contribution >= 0.6 is 0 Å². The SMILES string of the molecule is Cc1ncc(C(=O)N[C@@H](c2cccnc2)C(C)C)c(C)n1. The van der Waals surface area contributed by atoms with E-state index in [1.807, 2.05) is 19.1 Å². The summed E-state index contributed by atoms with van der Waals surface area (Å²) in [5.41, 5.74) is 2.19. The molecule has 0 fully saturated rings. The van der Waals surface area contributed by atoms with Crippen molar-refractivity contribution in [2.75, 3.05) is 0 Å². The maximum Gasteiger partial charge on any atom is 0.255 e. The summed E-state index contributed by atoms with van der Waals surface area (Å²) in [5.74, 6) is 0.761. The number of hydrogen-bond acceptors (Lipinski definition) is 4. The van der Waals surface area contributed by atoms with Crippen molar-refractivity contribution in [3.8, 4) is 0 Å². The normalized spacial score (nSPS) is 12.2. The molecule has 1 amide bonds. The smallest absolute Gasteiger partial charge is 0.255 e. The lowest BCUT2D eigenvalue weighted by molar-refractivity contribution is 0.0924. The summed E-state index contributed by atoms with van der Waals surface area (Å²) in [5, 5.41) is 3.05. The molecule has 0 bridgehead atoms. The summed E-state index contributed by atoms with van der Waals surface area (Å²) in [6, 6.07) is 3.75. The molecule has 110 valence electrons. The Balaban J connectivity index is 2.23. The van der Waals surface area contributed by atoms with Crippen LogP contribution in [-0.4, -0.2) is 20.9 Å². The fourth-order valence-corrected chi connectivity index (χ4v) is 2.22. The Morgan fingerprint density at radius 1 is 1.24 bits per heavy atom. The number of nitrogens with zero attached hydrogens (tertiary/aromatic N) is 3. The molecule has 2 heterocycles. The quantitative estimate of drug-likeness (QED) is 0.937. The number of aromatic nitrogens is 3. The van der Waals surface area contributed by atoms with Gasteiger partial charge in [0.15, 0.2) is 0 Å². The molecule has 0 aliphatic carbocycles. The minimum Gasteiger partial charge on any atom is -0.345 e. The Morgan fingerprint density at radius 2 is 2.00 bits per heavy atom. The fraction of sp³-hybridized carbons (Fsp3) is 0.375. The zero-order chi connectivity index (χ0) is 15.4. The molecule has 2 rings (SSSR count). The highest BCUT2D eigenvalue weighted by atomic mass is 16.1. The van der Waals surface area contributed by atoms with Gasteiger partial charge in [-0.2, -0.15) is 0 Å². The van der Waals surface area contributed by atoms with Crippen molar-refractivity contribution >= 4 is 5.91 Å². The van der Waals surface area contributed by atoms with E-state index in [0.717, 1.165) is 5.56 Å². The van der Waals surface area contributed by atoms with Gasteiger partial charge in [0.2, 0.25) is 0 Å². The number of carbonyl (C=O) groups excluding carboxylic acids is 1. The second-order valence-corrected chi connectivity index (χ2v) is 5.40. The van der Waals surface area contributed by atoms with Crippen molar-refractivity contribution < 1.29 is 4.79 Å². The first-order valence-corrected chi connectivity index (χ1v) is 7.00. The first kappa shape index (κ1) is 15.1. The van der Waals surface area contributed by atoms with Gasteiger partial charge >= 0.3 is 0 Å². The molecule has 0 spiro atoms. The minimum absolute atomic E-state index is 0.0908. The van der Waals surface area contributed by atoms with Crippen molar-refractivity contribution in [1.29, 1.82) is 0 Å². The van der Waals surface area contributed by atoms with Crippen molar-refractivity contribution in [3.63, 3.8) is 0 Å². The van der Waals surface area contributed by atoms with Gasteiger partial charge in [-0.25, -0.2) is 9.97 Å². The van der Waals surface area contributed by atoms with E-state index in [-0.39, 0.29) is 17.9 Å². The Hall–Kier alpha value is -2.30. The van der Waals surface area contributed by atoms with Crippen LogP contribution in [0.25, 0.3) is 0 Å². The molecule has 0 saturated carbocycles. The topological polar surface area (TPSA) is 67.8 Å². The zero-order valence-corrected chi connectivity index (χ0v) is 12.8. The van der Waals surface area contributed by atoms with E-state index in [1.54, 1.807) is 25.5 Å². The molecule has 2 aromatic rings. The lowest BCUT2D eigenvalue weighted by atomic mass is 9.97. The summed E-state index contributed by atoms with van der Waals surface area (Å²) in [6.45, 7) is 7.76. The van der Waals surface area contributed by atoms with Crippen LogP contribution < -0.4 is 5.32 Å². The number of pyridine rings is 1. The maximum atomic E-state index is 12.5. The van der Waals surface area contributed by atoms with E-state index < -0.39 is 0 Å². The summed E-state index contributed by atoms with van der Waals surface area (Å²) in [7, 11) is 0. The van der Waals surface area contributed by atoms with Crippen LogP contribution in [0.2, 0.25) is 0 Å². The zero-order valence-electron chi connectivity index (χ0n) is 12.8. The van der Waals surface area contributed by atoms with E-state index >= 15 is 0 Å². The lowest BCUT2D eigenvalue weighted by Crippen LogP contribution is -2.32. The maximum absolute atomic E-state index is 12.5. The molecule has 0 aliphatic rings. The first-order chi connectivity index (χ1) is 9.99. The van der Waals surface area contributed by atoms with Gasteiger partial charge in [0, 0.05) is 18.6 Å². The van der Waals surface area contributed by atoms with Gasteiger partial charge in [-0.3, -0.25) is 9.78 Å². The van der Waals surface area contributed by atoms with E-state index in [0.29, 0.717) is 17.1 Å². The lowest BCUT2D eigenvalue weighted by Gasteiger charge is -2.22. The van der Waals surface area contributed by atoms with Gasteiger partial charge < -0.3 is 5.32 Å². The molecule has 1 atom stereocenters. The Kier molecular flexibility index (Phi) is 4.62. The summed E-state index contributed by atoms with van der Waals surface area (Å²) < 4.78 is 0. The van der Waals surface area contributed by atoms with Crippen molar-refractivity contribution in [2.24, 2.45) is 5.92 Å². The monoisotopic (exact) mass is 284 g/mol. The Morgan fingerprint density at radius 3 is 2.57 bits per heavy atom. The molecular formula is C16H20N4O. The highest BCUT2D eigenvalue weighted by Gasteiger charge is 2.20. The third-order valence-electron chi connectivity index (χ3n) is 3.34. The molecule has 21 heavy (non-hydrogen) atoms. The van der Waals surface area contributed by atoms with Gasteiger partial charge in [0.1, 0.15) is 5.82 Å². The molecule has 5 nitrogen and oxygen atoms in total. The van der Waals surface area contributed by atoms with Gasteiger partial charge in [0.25, 0.3) is 5.91 Å². The number of carbonyl (C=O) groups is 1. The number of rotatable bonds is 4. The highest BCUT2D eigenvalue weighted by molar-refractivity contribution is 5.95. The third-order valence-corrected chi connectivity index (χ3v) is 3.34. The van der Waals surface area contributed by atoms with Crippen LogP contribution in [0.4, 0.5) is 0 Å². The molecule has 0 radical (unpaired) electrons. The number of amides is 1. The number of nitrogens with one attached hydrogen (secondary N) is 1. The molecular weight excluding hydrogens is 264 g/mol. The van der Waals surface area contributed by atoms with E-state index in [9.17, 15) is 4.79 Å². The molecule has 0 unspecified atom stereocenters. The Labute approximate surface area is 124 Å². The van der Waals surface area contributed by atoms with Crippen molar-refractivity contribution in [3.05, 3.63) is 53.4 Å². The summed E-state index contributed by atoms with van der Waals surface area (Å²) >= 11 is 0. The average Bonchev–Trinajstić information content (AvgIpc) is 2.45. The van der Waals surface area contributed by atoms with Crippen LogP contribution in [0, 0.1) is 19.8 Å². The number of hydrogen-bond donors (Lipinski definition) is 1. The van der Waals surface area contributed by atoms with Gasteiger partial charge in [0.05, 0.1) is 17.3 Å². The van der Waals surface area contributed by atoms with Gasteiger partial charge in [-0.1, -0.05) is 19.9 Å². The second kappa shape index (κ2) is 6.43. The molecule has 0 aromatic carbocycles. The van der Waals surface area contributed by atoms with Crippen LogP contribution in [0.3, 0.4) is 0 Å². The second-order valence-electron chi connectivity index (χ2n) is 5.40. The van der Waals surface area contributed by atoms with Crippen LogP contribution in [0.5, 0.6) is 0 Å². The minimum atomic E-state index is -0.157. The van der Waals surface area contributed by atoms with E-state index in [2.05, 4.69) is 34.1 Å². The van der Waals surface area contributed by atoms with Crippen LogP contribution in [0.1, 0.15) is 47.3 Å².